The molecule has 11 heteroatoms. The Bertz CT molecular complexity index is 196. The first-order valence-electron chi connectivity index (χ1n) is 2.92. The summed E-state index contributed by atoms with van der Waals surface area (Å²) in [6, 6.07) is 0. The predicted molar refractivity (Wildman–Crippen MR) is 34.7 cm³/mol. The summed E-state index contributed by atoms with van der Waals surface area (Å²) in [4.78, 5) is 0. The monoisotopic (exact) mass is 252 g/mol. The number of halogens is 9. The number of hydrogen-bond acceptors (Lipinski definition) is 0. The first kappa shape index (κ1) is 13.9. The molecule has 0 saturated carbocycles. The Morgan fingerprint density at radius 1 is 0.786 bits per heavy atom. The van der Waals surface area contributed by atoms with Gasteiger partial charge in [-0.3, -0.25) is 0 Å². The molecule has 0 fully saturated rings. The Hall–Kier alpha value is -0.135. The summed E-state index contributed by atoms with van der Waals surface area (Å²) in [7, 11) is -9.21. The molecule has 0 rings (SSSR count). The number of hydrogen-bond donors (Lipinski definition) is 0. The van der Waals surface area contributed by atoms with Gasteiger partial charge in [-0.05, 0) is 0 Å². The summed E-state index contributed by atoms with van der Waals surface area (Å²) in [6.45, 7) is 0. The summed E-state index contributed by atoms with van der Waals surface area (Å²) in [6.07, 6.45) is -12.7. The van der Waals surface area contributed by atoms with Crippen LogP contribution in [-0.4, -0.2) is 25.6 Å². The maximum absolute atomic E-state index is 12.1. The zero-order valence-corrected chi connectivity index (χ0v) is 7.32. The van der Waals surface area contributed by atoms with Crippen LogP contribution in [0.2, 0.25) is 0 Å². The minimum atomic E-state index is -8.28. The predicted octanol–water partition coefficient (Wildman–Crippen LogP) is 3.23. The van der Waals surface area contributed by atoms with E-state index in [1.54, 1.807) is 0 Å². The van der Waals surface area contributed by atoms with Crippen LogP contribution >= 0.6 is 7.41 Å². The van der Waals surface area contributed by atoms with Crippen LogP contribution in [0.25, 0.3) is 0 Å². The Labute approximate surface area is 73.1 Å². The van der Waals surface area contributed by atoms with E-state index in [1.807, 2.05) is 0 Å². The van der Waals surface area contributed by atoms with E-state index in [9.17, 15) is 38.9 Å². The summed E-state index contributed by atoms with van der Waals surface area (Å²) < 4.78 is 106. The third-order valence-electron chi connectivity index (χ3n) is 1.17. The van der Waals surface area contributed by atoms with E-state index >= 15 is 0 Å². The molecule has 0 atom stereocenters. The van der Waals surface area contributed by atoms with E-state index in [0.29, 0.717) is 0 Å². The van der Waals surface area contributed by atoms with Crippen molar-refractivity contribution >= 4 is 15.0 Å². The fourth-order valence-electron chi connectivity index (χ4n) is 0.810. The molecule has 0 N–H and O–H groups in total. The standard InChI is InChI=1S/C3H3BF9P/c4-14(11,12,13)1(2(5,6)7)3(8,9)10/h1H,4H2. The van der Waals surface area contributed by atoms with E-state index in [-0.39, 0.29) is 0 Å². The van der Waals surface area contributed by atoms with E-state index in [0.717, 1.165) is 0 Å². The van der Waals surface area contributed by atoms with Crippen LogP contribution in [0.5, 0.6) is 0 Å². The molecule has 0 aliphatic carbocycles. The first-order valence-corrected chi connectivity index (χ1v) is 5.35. The van der Waals surface area contributed by atoms with Gasteiger partial charge in [-0.2, -0.15) is 0 Å². The van der Waals surface area contributed by atoms with Crippen molar-refractivity contribution in [2.45, 2.75) is 18.0 Å². The van der Waals surface area contributed by atoms with Crippen LogP contribution in [0, 0.1) is 0 Å². The summed E-state index contributed by atoms with van der Waals surface area (Å²) >= 11 is 0. The van der Waals surface area contributed by atoms with Crippen LogP contribution in [0.15, 0.2) is 0 Å². The van der Waals surface area contributed by atoms with Crippen molar-refractivity contribution in [2.24, 2.45) is 0 Å². The molecule has 0 spiro atoms. The van der Waals surface area contributed by atoms with E-state index in [1.165, 1.54) is 0 Å². The molecule has 0 aromatic heterocycles. The van der Waals surface area contributed by atoms with E-state index in [2.05, 4.69) is 0 Å². The van der Waals surface area contributed by atoms with E-state index < -0.39 is 33.0 Å². The molecule has 0 aliphatic heterocycles. The quantitative estimate of drug-likeness (QED) is 0.381. The van der Waals surface area contributed by atoms with Crippen LogP contribution in [0.1, 0.15) is 0 Å². The van der Waals surface area contributed by atoms with Crippen molar-refractivity contribution in [1.82, 2.24) is 0 Å². The second kappa shape index (κ2) is 2.93. The molecule has 0 nitrogen and oxygen atoms in total. The average Bonchev–Trinajstić information content (AvgIpc) is 1.40. The minimum absolute atomic E-state index is 0.933. The van der Waals surface area contributed by atoms with E-state index in [4.69, 9.17) is 0 Å². The molecule has 0 bridgehead atoms. The second-order valence-electron chi connectivity index (χ2n) is 2.74. The Morgan fingerprint density at radius 2 is 1.00 bits per heavy atom. The Morgan fingerprint density at radius 3 is 1.00 bits per heavy atom. The SMILES string of the molecule is BP(F)(F)(F)C(C(F)(F)F)C(F)(F)F. The van der Waals surface area contributed by atoms with Gasteiger partial charge in [-0.1, -0.05) is 0 Å². The van der Waals surface area contributed by atoms with Crippen LogP contribution in [-0.2, 0) is 0 Å². The van der Waals surface area contributed by atoms with Gasteiger partial charge < -0.3 is 0 Å². The molecule has 0 aromatic carbocycles. The van der Waals surface area contributed by atoms with Gasteiger partial charge in [-0.15, -0.1) is 0 Å². The second-order valence-corrected chi connectivity index (χ2v) is 5.75. The molecule has 86 valence electrons. The van der Waals surface area contributed by atoms with Crippen molar-refractivity contribution < 1.29 is 38.9 Å². The average molecular weight is 252 g/mol. The van der Waals surface area contributed by atoms with Gasteiger partial charge in [0, 0.05) is 0 Å². The van der Waals surface area contributed by atoms with Crippen molar-refractivity contribution in [1.29, 1.82) is 0 Å². The molecular weight excluding hydrogens is 249 g/mol. The molecular formula is C3H3BF9P. The normalized spacial score (nSPS) is 18.0. The molecule has 0 amide bonds. The molecule has 0 aliphatic rings. The molecule has 14 heavy (non-hydrogen) atoms. The van der Waals surface area contributed by atoms with Gasteiger partial charge in [0.2, 0.25) is 0 Å². The molecule has 0 radical (unpaired) electrons. The summed E-state index contributed by atoms with van der Waals surface area (Å²) in [5, 5.41) is 0. The Kier molecular flexibility index (Phi) is 2.90. The van der Waals surface area contributed by atoms with Gasteiger partial charge in [0.25, 0.3) is 0 Å². The van der Waals surface area contributed by atoms with Crippen molar-refractivity contribution in [3.63, 3.8) is 0 Å². The third-order valence-corrected chi connectivity index (χ3v) is 2.86. The zero-order valence-electron chi connectivity index (χ0n) is 6.43. The van der Waals surface area contributed by atoms with Gasteiger partial charge in [0.05, 0.1) is 0 Å². The number of alkyl halides is 6. The number of rotatable bonds is 1. The topological polar surface area (TPSA) is 0 Å². The molecule has 0 heterocycles. The van der Waals surface area contributed by atoms with Crippen molar-refractivity contribution in [2.75, 3.05) is 0 Å². The van der Waals surface area contributed by atoms with Gasteiger partial charge in [0.1, 0.15) is 0 Å². The van der Waals surface area contributed by atoms with Crippen molar-refractivity contribution in [3.05, 3.63) is 0 Å². The van der Waals surface area contributed by atoms with Gasteiger partial charge >= 0.3 is 71.9 Å². The maximum atomic E-state index is 12.1. The first-order chi connectivity index (χ1) is 5.62. The fourth-order valence-corrected chi connectivity index (χ4v) is 2.06. The van der Waals surface area contributed by atoms with Gasteiger partial charge in [-0.25, -0.2) is 0 Å². The van der Waals surface area contributed by atoms with Crippen LogP contribution in [0.4, 0.5) is 38.9 Å². The molecule has 0 saturated heterocycles. The molecule has 0 unspecified atom stereocenters. The Balaban J connectivity index is 5.39. The van der Waals surface area contributed by atoms with Gasteiger partial charge in [0.15, 0.2) is 0 Å². The van der Waals surface area contributed by atoms with Crippen LogP contribution < -0.4 is 0 Å². The third kappa shape index (κ3) is 3.55. The summed E-state index contributed by atoms with van der Waals surface area (Å²) in [5.41, 5.74) is -5.19. The fraction of sp³-hybridized carbons (Fsp3) is 1.00. The zero-order chi connectivity index (χ0) is 12.0. The summed E-state index contributed by atoms with van der Waals surface area (Å²) in [5.74, 6) is 0. The van der Waals surface area contributed by atoms with Crippen molar-refractivity contribution in [3.8, 4) is 0 Å². The molecule has 0 aromatic rings. The van der Waals surface area contributed by atoms with Crippen LogP contribution in [0.3, 0.4) is 0 Å².